The maximum atomic E-state index is 11.8. The van der Waals surface area contributed by atoms with Gasteiger partial charge in [-0.3, -0.25) is 24.7 Å². The number of hydrogen-bond acceptors (Lipinski definition) is 5. The number of imide groups is 1. The molecule has 0 bridgehead atoms. The lowest BCUT2D eigenvalue weighted by atomic mass is 10.2. The number of rotatable bonds is 8. The van der Waals surface area contributed by atoms with E-state index in [9.17, 15) is 14.4 Å². The minimum atomic E-state index is -0.453. The molecule has 8 heteroatoms. The van der Waals surface area contributed by atoms with E-state index < -0.39 is 6.03 Å². The summed E-state index contributed by atoms with van der Waals surface area (Å²) in [6.45, 7) is 11.9. The second-order valence-corrected chi connectivity index (χ2v) is 6.30. The first-order chi connectivity index (χ1) is 11.4. The second kappa shape index (κ2) is 10.8. The molecule has 1 aliphatic heterocycles. The Labute approximate surface area is 143 Å². The van der Waals surface area contributed by atoms with Crippen LogP contribution in [-0.2, 0) is 9.59 Å². The zero-order chi connectivity index (χ0) is 17.9. The quantitative estimate of drug-likeness (QED) is 0.513. The molecule has 0 aliphatic carbocycles. The first-order valence-electron chi connectivity index (χ1n) is 8.30. The van der Waals surface area contributed by atoms with Crippen molar-refractivity contribution in [2.24, 2.45) is 5.92 Å². The minimum absolute atomic E-state index is 0.0251. The molecule has 0 aromatic heterocycles. The van der Waals surface area contributed by atoms with Gasteiger partial charge in [-0.05, 0) is 5.92 Å². The second-order valence-electron chi connectivity index (χ2n) is 6.30. The van der Waals surface area contributed by atoms with E-state index >= 15 is 0 Å². The van der Waals surface area contributed by atoms with Crippen molar-refractivity contribution >= 4 is 17.8 Å². The standard InChI is InChI=1S/C16H29N5O3/c1-4-5-17-14(22)11-20-6-8-21(9-7-20)12-15(23)19-16(24)18-10-13(2)3/h4,13H,1,5-12H2,2-3H3,(H,17,22)(H2,18,19,23,24). The zero-order valence-corrected chi connectivity index (χ0v) is 14.6. The number of amides is 4. The highest BCUT2D eigenvalue weighted by molar-refractivity contribution is 5.95. The third-order valence-corrected chi connectivity index (χ3v) is 3.57. The van der Waals surface area contributed by atoms with Gasteiger partial charge in [-0.15, -0.1) is 6.58 Å². The van der Waals surface area contributed by atoms with Gasteiger partial charge in [-0.25, -0.2) is 4.79 Å². The number of urea groups is 1. The van der Waals surface area contributed by atoms with Gasteiger partial charge in [-0.1, -0.05) is 19.9 Å². The lowest BCUT2D eigenvalue weighted by Gasteiger charge is -2.33. The molecule has 1 heterocycles. The van der Waals surface area contributed by atoms with E-state index in [4.69, 9.17) is 0 Å². The lowest BCUT2D eigenvalue weighted by Crippen LogP contribution is -2.52. The number of carbonyl (C=O) groups is 3. The molecule has 1 fully saturated rings. The van der Waals surface area contributed by atoms with E-state index in [1.54, 1.807) is 6.08 Å². The van der Waals surface area contributed by atoms with Gasteiger partial charge in [0.05, 0.1) is 13.1 Å². The Morgan fingerprint density at radius 2 is 1.54 bits per heavy atom. The van der Waals surface area contributed by atoms with Crippen molar-refractivity contribution in [3.8, 4) is 0 Å². The Morgan fingerprint density at radius 1 is 1.00 bits per heavy atom. The van der Waals surface area contributed by atoms with Crippen LogP contribution < -0.4 is 16.0 Å². The smallest absolute Gasteiger partial charge is 0.321 e. The molecular weight excluding hydrogens is 310 g/mol. The SMILES string of the molecule is C=CCNC(=O)CN1CCN(CC(=O)NC(=O)NCC(C)C)CC1. The number of nitrogens with zero attached hydrogens (tertiary/aromatic N) is 2. The van der Waals surface area contributed by atoms with Crippen molar-refractivity contribution in [2.45, 2.75) is 13.8 Å². The summed E-state index contributed by atoms with van der Waals surface area (Å²) in [6, 6.07) is -0.453. The Balaban J connectivity index is 2.20. The number of nitrogens with one attached hydrogen (secondary N) is 3. The van der Waals surface area contributed by atoms with Gasteiger partial charge in [-0.2, -0.15) is 0 Å². The summed E-state index contributed by atoms with van der Waals surface area (Å²) in [7, 11) is 0. The molecular formula is C16H29N5O3. The van der Waals surface area contributed by atoms with Crippen LogP contribution >= 0.6 is 0 Å². The number of piperazine rings is 1. The van der Waals surface area contributed by atoms with E-state index in [-0.39, 0.29) is 18.4 Å². The van der Waals surface area contributed by atoms with Gasteiger partial charge < -0.3 is 10.6 Å². The molecule has 0 aromatic carbocycles. The highest BCUT2D eigenvalue weighted by atomic mass is 16.2. The Hall–Kier alpha value is -1.93. The van der Waals surface area contributed by atoms with Crippen molar-refractivity contribution in [1.29, 1.82) is 0 Å². The van der Waals surface area contributed by atoms with Crippen LogP contribution in [0.2, 0.25) is 0 Å². The maximum Gasteiger partial charge on any atom is 0.321 e. The first-order valence-corrected chi connectivity index (χ1v) is 8.30. The van der Waals surface area contributed by atoms with Gasteiger partial charge in [0, 0.05) is 39.3 Å². The largest absolute Gasteiger partial charge is 0.352 e. The van der Waals surface area contributed by atoms with Crippen LogP contribution in [0.3, 0.4) is 0 Å². The van der Waals surface area contributed by atoms with Crippen LogP contribution in [0.25, 0.3) is 0 Å². The summed E-state index contributed by atoms with van der Waals surface area (Å²) >= 11 is 0. The monoisotopic (exact) mass is 339 g/mol. The molecule has 1 saturated heterocycles. The molecule has 136 valence electrons. The summed E-state index contributed by atoms with van der Waals surface area (Å²) in [4.78, 5) is 39.0. The van der Waals surface area contributed by atoms with E-state index in [1.165, 1.54) is 0 Å². The average molecular weight is 339 g/mol. The molecule has 1 aliphatic rings. The molecule has 0 spiro atoms. The van der Waals surface area contributed by atoms with Gasteiger partial charge in [0.2, 0.25) is 11.8 Å². The van der Waals surface area contributed by atoms with E-state index in [0.29, 0.717) is 51.7 Å². The van der Waals surface area contributed by atoms with E-state index in [0.717, 1.165) is 0 Å². The van der Waals surface area contributed by atoms with Crippen LogP contribution in [0, 0.1) is 5.92 Å². The Bertz CT molecular complexity index is 445. The normalized spacial score (nSPS) is 15.8. The van der Waals surface area contributed by atoms with Crippen molar-refractivity contribution in [2.75, 3.05) is 52.4 Å². The molecule has 0 radical (unpaired) electrons. The number of carbonyl (C=O) groups excluding carboxylic acids is 3. The molecule has 0 aromatic rings. The molecule has 0 unspecified atom stereocenters. The molecule has 3 N–H and O–H groups in total. The molecule has 0 atom stereocenters. The van der Waals surface area contributed by atoms with Gasteiger partial charge in [0.25, 0.3) is 0 Å². The summed E-state index contributed by atoms with van der Waals surface area (Å²) in [6.07, 6.45) is 1.64. The first kappa shape index (κ1) is 20.1. The topological polar surface area (TPSA) is 93.8 Å². The lowest BCUT2D eigenvalue weighted by molar-refractivity contribution is -0.124. The van der Waals surface area contributed by atoms with Crippen LogP contribution in [-0.4, -0.2) is 80.0 Å². The molecule has 24 heavy (non-hydrogen) atoms. The van der Waals surface area contributed by atoms with Gasteiger partial charge in [0.1, 0.15) is 0 Å². The Morgan fingerprint density at radius 3 is 2.04 bits per heavy atom. The third kappa shape index (κ3) is 8.64. The van der Waals surface area contributed by atoms with Crippen molar-refractivity contribution < 1.29 is 14.4 Å². The van der Waals surface area contributed by atoms with Crippen molar-refractivity contribution in [3.63, 3.8) is 0 Å². The van der Waals surface area contributed by atoms with Gasteiger partial charge >= 0.3 is 6.03 Å². The zero-order valence-electron chi connectivity index (χ0n) is 14.6. The molecule has 1 rings (SSSR count). The highest BCUT2D eigenvalue weighted by Crippen LogP contribution is 2.01. The third-order valence-electron chi connectivity index (χ3n) is 3.57. The fraction of sp³-hybridized carbons (Fsp3) is 0.688. The highest BCUT2D eigenvalue weighted by Gasteiger charge is 2.21. The van der Waals surface area contributed by atoms with E-state index in [1.807, 2.05) is 23.6 Å². The predicted molar refractivity (Wildman–Crippen MR) is 92.5 cm³/mol. The number of hydrogen-bond donors (Lipinski definition) is 3. The average Bonchev–Trinajstić information content (AvgIpc) is 2.52. The fourth-order valence-corrected chi connectivity index (χ4v) is 2.26. The summed E-state index contributed by atoms with van der Waals surface area (Å²) in [5, 5.41) is 7.72. The van der Waals surface area contributed by atoms with Crippen molar-refractivity contribution in [3.05, 3.63) is 12.7 Å². The van der Waals surface area contributed by atoms with Crippen LogP contribution in [0.5, 0.6) is 0 Å². The summed E-state index contributed by atoms with van der Waals surface area (Å²) in [5.74, 6) is -0.000964. The Kier molecular flexibility index (Phi) is 9.03. The van der Waals surface area contributed by atoms with Crippen LogP contribution in [0.15, 0.2) is 12.7 Å². The molecule has 0 saturated carbocycles. The van der Waals surface area contributed by atoms with Crippen LogP contribution in [0.1, 0.15) is 13.8 Å². The van der Waals surface area contributed by atoms with Gasteiger partial charge in [0.15, 0.2) is 0 Å². The summed E-state index contributed by atoms with van der Waals surface area (Å²) in [5.41, 5.74) is 0. The molecule has 4 amide bonds. The molecule has 8 nitrogen and oxygen atoms in total. The minimum Gasteiger partial charge on any atom is -0.352 e. The predicted octanol–water partition coefficient (Wildman–Crippen LogP) is -0.612. The fourth-order valence-electron chi connectivity index (χ4n) is 2.26. The van der Waals surface area contributed by atoms with Crippen LogP contribution in [0.4, 0.5) is 4.79 Å². The van der Waals surface area contributed by atoms with Crippen molar-refractivity contribution in [1.82, 2.24) is 25.8 Å². The van der Waals surface area contributed by atoms with E-state index in [2.05, 4.69) is 22.5 Å². The summed E-state index contributed by atoms with van der Waals surface area (Å²) < 4.78 is 0. The maximum absolute atomic E-state index is 11.8.